The summed E-state index contributed by atoms with van der Waals surface area (Å²) >= 11 is 13.9. The molecule has 2 aliphatic heterocycles. The average molecular weight is 576 g/mol. The van der Waals surface area contributed by atoms with E-state index in [2.05, 4.69) is 39.3 Å². The summed E-state index contributed by atoms with van der Waals surface area (Å²) in [6.45, 7) is 10.7. The predicted molar refractivity (Wildman–Crippen MR) is 155 cm³/mol. The summed E-state index contributed by atoms with van der Waals surface area (Å²) in [4.78, 5) is 28.3. The number of ether oxygens (including phenoxy) is 1. The Hall–Kier alpha value is -2.27. The van der Waals surface area contributed by atoms with Gasteiger partial charge in [-0.1, -0.05) is 29.3 Å². The summed E-state index contributed by atoms with van der Waals surface area (Å²) in [6, 6.07) is 5.40. The lowest BCUT2D eigenvalue weighted by molar-refractivity contribution is -0.126. The first kappa shape index (κ1) is 27.3. The molecular formula is C27H32Cl2N6O2S. The molecule has 38 heavy (non-hydrogen) atoms. The number of nitrogens with one attached hydrogen (secondary N) is 2. The third-order valence-electron chi connectivity index (χ3n) is 6.81. The number of hydrogen-bond acceptors (Lipinski definition) is 8. The van der Waals surface area contributed by atoms with Crippen LogP contribution in [-0.2, 0) is 22.5 Å². The minimum absolute atomic E-state index is 0.0288. The van der Waals surface area contributed by atoms with E-state index in [1.807, 2.05) is 17.0 Å². The number of rotatable bonds is 8. The van der Waals surface area contributed by atoms with E-state index in [9.17, 15) is 4.79 Å². The summed E-state index contributed by atoms with van der Waals surface area (Å²) in [5, 5.41) is 8.91. The smallest absolute Gasteiger partial charge is 0.246 e. The Morgan fingerprint density at radius 1 is 1.18 bits per heavy atom. The maximum absolute atomic E-state index is 13.0. The molecule has 1 fully saturated rings. The highest BCUT2D eigenvalue weighted by atomic mass is 35.5. The van der Waals surface area contributed by atoms with Crippen LogP contribution in [0.4, 0.5) is 11.5 Å². The Labute approximate surface area is 237 Å². The van der Waals surface area contributed by atoms with Gasteiger partial charge < -0.3 is 20.3 Å². The van der Waals surface area contributed by atoms with Gasteiger partial charge in [0.15, 0.2) is 0 Å². The maximum atomic E-state index is 13.0. The van der Waals surface area contributed by atoms with E-state index in [0.29, 0.717) is 29.7 Å². The van der Waals surface area contributed by atoms with Crippen LogP contribution >= 0.6 is 34.5 Å². The molecule has 3 aromatic rings. The van der Waals surface area contributed by atoms with E-state index in [1.165, 1.54) is 5.56 Å². The second-order valence-corrected chi connectivity index (χ2v) is 12.1. The third kappa shape index (κ3) is 6.47. The van der Waals surface area contributed by atoms with E-state index in [-0.39, 0.29) is 11.4 Å². The number of anilines is 2. The second kappa shape index (κ2) is 11.9. The molecule has 2 N–H and O–H groups in total. The molecule has 202 valence electrons. The molecule has 1 amide bonds. The summed E-state index contributed by atoms with van der Waals surface area (Å²) in [5.41, 5.74) is 1.96. The number of carbonyl (C=O) groups is 1. The molecule has 4 heterocycles. The van der Waals surface area contributed by atoms with Crippen LogP contribution in [0, 0.1) is 0 Å². The van der Waals surface area contributed by atoms with Crippen molar-refractivity contribution in [1.82, 2.24) is 25.1 Å². The van der Waals surface area contributed by atoms with Gasteiger partial charge in [-0.2, -0.15) is 0 Å². The molecule has 1 aromatic carbocycles. The summed E-state index contributed by atoms with van der Waals surface area (Å²) < 4.78 is 5.44. The summed E-state index contributed by atoms with van der Waals surface area (Å²) in [6.07, 6.45) is 5.92. The van der Waals surface area contributed by atoms with Crippen LogP contribution in [0.5, 0.6) is 0 Å². The largest absolute Gasteiger partial charge is 0.379 e. The molecule has 0 saturated carbocycles. The Balaban J connectivity index is 1.20. The molecular weight excluding hydrogens is 543 g/mol. The van der Waals surface area contributed by atoms with Crippen molar-refractivity contribution in [1.29, 1.82) is 0 Å². The van der Waals surface area contributed by atoms with Crippen molar-refractivity contribution in [3.63, 3.8) is 0 Å². The monoisotopic (exact) mass is 574 g/mol. The van der Waals surface area contributed by atoms with Crippen molar-refractivity contribution >= 4 is 62.2 Å². The van der Waals surface area contributed by atoms with Crippen molar-refractivity contribution in [2.24, 2.45) is 0 Å². The van der Waals surface area contributed by atoms with Gasteiger partial charge in [0.25, 0.3) is 0 Å². The van der Waals surface area contributed by atoms with Crippen LogP contribution in [-0.4, -0.2) is 77.2 Å². The van der Waals surface area contributed by atoms with Gasteiger partial charge in [0.2, 0.25) is 5.91 Å². The van der Waals surface area contributed by atoms with Crippen molar-refractivity contribution in [2.75, 3.05) is 51.3 Å². The standard InChI is InChI=1S/C27H32Cl2N6O2S/c1-27(2,16-34-10-12-37-13-11-34)32-8-3-4-23(36)35-9-7-19-22(15-35)38-26-24(19)25(30-17-31-26)33-18-5-6-20(28)21(29)14-18/h3-6,14,17,32H,7-13,15-16H2,1-2H3,(H,30,31,33)/b4-3+. The topological polar surface area (TPSA) is 82.6 Å². The maximum Gasteiger partial charge on any atom is 0.246 e. The number of thiophene rings is 1. The molecule has 0 aliphatic carbocycles. The molecule has 0 bridgehead atoms. The first-order valence-electron chi connectivity index (χ1n) is 12.8. The molecule has 0 unspecified atom stereocenters. The van der Waals surface area contributed by atoms with Crippen molar-refractivity contribution < 1.29 is 9.53 Å². The lowest BCUT2D eigenvalue weighted by Crippen LogP contribution is -2.51. The minimum Gasteiger partial charge on any atom is -0.379 e. The van der Waals surface area contributed by atoms with Gasteiger partial charge >= 0.3 is 0 Å². The average Bonchev–Trinajstić information content (AvgIpc) is 3.28. The zero-order valence-corrected chi connectivity index (χ0v) is 23.9. The number of halogens is 2. The summed E-state index contributed by atoms with van der Waals surface area (Å²) in [7, 11) is 0. The number of morpholine rings is 1. The number of nitrogens with zero attached hydrogens (tertiary/aromatic N) is 4. The molecule has 5 rings (SSSR count). The first-order valence-corrected chi connectivity index (χ1v) is 14.3. The fourth-order valence-corrected chi connectivity index (χ4v) is 6.40. The predicted octanol–water partition coefficient (Wildman–Crippen LogP) is 4.88. The minimum atomic E-state index is -0.0497. The fraction of sp³-hybridized carbons (Fsp3) is 0.444. The second-order valence-electron chi connectivity index (χ2n) is 10.2. The van der Waals surface area contributed by atoms with Crippen LogP contribution < -0.4 is 10.6 Å². The van der Waals surface area contributed by atoms with Gasteiger partial charge in [-0.25, -0.2) is 9.97 Å². The van der Waals surface area contributed by atoms with Crippen molar-refractivity contribution in [3.8, 4) is 0 Å². The molecule has 2 aliphatic rings. The number of hydrogen-bond donors (Lipinski definition) is 2. The molecule has 0 radical (unpaired) electrons. The molecule has 11 heteroatoms. The van der Waals surface area contributed by atoms with Crippen LogP contribution in [0.2, 0.25) is 10.0 Å². The SMILES string of the molecule is CC(C)(CN1CCOCC1)NC/C=C/C(=O)N1CCc2c(sc3ncnc(Nc4ccc(Cl)c(Cl)c4)c23)C1. The Bertz CT molecular complexity index is 1340. The van der Waals surface area contributed by atoms with Gasteiger partial charge in [-0.3, -0.25) is 9.69 Å². The van der Waals surface area contributed by atoms with Crippen LogP contribution in [0.1, 0.15) is 24.3 Å². The zero-order valence-electron chi connectivity index (χ0n) is 21.6. The molecule has 2 aromatic heterocycles. The van der Waals surface area contributed by atoms with E-state index < -0.39 is 0 Å². The number of amides is 1. The molecule has 1 saturated heterocycles. The van der Waals surface area contributed by atoms with Crippen molar-refractivity contribution in [2.45, 2.75) is 32.4 Å². The quantitative estimate of drug-likeness (QED) is 0.371. The van der Waals surface area contributed by atoms with Gasteiger partial charge in [0.05, 0.1) is 35.2 Å². The molecule has 0 spiro atoms. The van der Waals surface area contributed by atoms with E-state index in [4.69, 9.17) is 27.9 Å². The van der Waals surface area contributed by atoms with E-state index in [0.717, 1.165) is 65.9 Å². The van der Waals surface area contributed by atoms with E-state index in [1.54, 1.807) is 35.9 Å². The lowest BCUT2D eigenvalue weighted by Gasteiger charge is -2.35. The lowest BCUT2D eigenvalue weighted by atomic mass is 10.0. The van der Waals surface area contributed by atoms with Crippen LogP contribution in [0.15, 0.2) is 36.7 Å². The van der Waals surface area contributed by atoms with Crippen LogP contribution in [0.3, 0.4) is 0 Å². The highest BCUT2D eigenvalue weighted by Crippen LogP contribution is 2.38. The Morgan fingerprint density at radius 3 is 2.79 bits per heavy atom. The fourth-order valence-electron chi connectivity index (χ4n) is 4.90. The highest BCUT2D eigenvalue weighted by Gasteiger charge is 2.26. The Morgan fingerprint density at radius 2 is 2.00 bits per heavy atom. The van der Waals surface area contributed by atoms with Crippen LogP contribution in [0.25, 0.3) is 10.2 Å². The number of benzene rings is 1. The van der Waals surface area contributed by atoms with Gasteiger partial charge in [-0.15, -0.1) is 11.3 Å². The van der Waals surface area contributed by atoms with Gasteiger partial charge in [0, 0.05) is 54.9 Å². The van der Waals surface area contributed by atoms with Crippen molar-refractivity contribution in [3.05, 3.63) is 57.2 Å². The van der Waals surface area contributed by atoms with Gasteiger partial charge in [0.1, 0.15) is 17.0 Å². The number of fused-ring (bicyclic) bond motifs is 3. The molecule has 8 nitrogen and oxygen atoms in total. The van der Waals surface area contributed by atoms with E-state index >= 15 is 0 Å². The number of carbonyl (C=O) groups excluding carboxylic acids is 1. The first-order chi connectivity index (χ1) is 18.3. The zero-order chi connectivity index (χ0) is 26.7. The third-order valence-corrected chi connectivity index (χ3v) is 8.68. The molecule has 0 atom stereocenters. The normalized spacial score (nSPS) is 16.8. The summed E-state index contributed by atoms with van der Waals surface area (Å²) in [5.74, 6) is 0.762. The number of aromatic nitrogens is 2. The Kier molecular flexibility index (Phi) is 8.52. The van der Waals surface area contributed by atoms with Gasteiger partial charge in [-0.05, 0) is 44.0 Å². The highest BCUT2D eigenvalue weighted by molar-refractivity contribution is 7.19.